The number of halogens is 2. The monoisotopic (exact) mass is 220 g/mol. The van der Waals surface area contributed by atoms with E-state index in [0.29, 0.717) is 0 Å². The highest BCUT2D eigenvalue weighted by atomic mass is 35.9. The number of aryl methyl sites for hydroxylation is 3. The van der Waals surface area contributed by atoms with Gasteiger partial charge in [-0.1, -0.05) is 40.2 Å². The number of rotatable bonds is 1. The first-order valence-electron chi connectivity index (χ1n) is 3.72. The van der Waals surface area contributed by atoms with Gasteiger partial charge in [0.05, 0.1) is 0 Å². The molecule has 1 aromatic rings. The van der Waals surface area contributed by atoms with Crippen LogP contribution in [0, 0.1) is 20.8 Å². The molecule has 0 aliphatic carbocycles. The lowest BCUT2D eigenvalue weighted by atomic mass is 10.1. The maximum atomic E-state index is 5.90. The fourth-order valence-electron chi connectivity index (χ4n) is 1.44. The first kappa shape index (κ1) is 10.3. The molecule has 0 radical (unpaired) electrons. The highest BCUT2D eigenvalue weighted by Crippen LogP contribution is 2.47. The Kier molecular flexibility index (Phi) is 3.40. The molecule has 0 aliphatic heterocycles. The fraction of sp³-hybridized carbons (Fsp3) is 0.333. The van der Waals surface area contributed by atoms with Crippen molar-refractivity contribution < 1.29 is 0 Å². The van der Waals surface area contributed by atoms with Gasteiger partial charge >= 0.3 is 0 Å². The van der Waals surface area contributed by atoms with E-state index in [2.05, 4.69) is 32.9 Å². The summed E-state index contributed by atoms with van der Waals surface area (Å²) in [5, 5.41) is 1.11. The molecule has 0 unspecified atom stereocenters. The van der Waals surface area contributed by atoms with Gasteiger partial charge in [0.25, 0.3) is 0 Å². The van der Waals surface area contributed by atoms with E-state index in [1.54, 1.807) is 0 Å². The lowest BCUT2D eigenvalue weighted by Crippen LogP contribution is -2.06. The van der Waals surface area contributed by atoms with Crippen molar-refractivity contribution in [3.05, 3.63) is 28.8 Å². The molecule has 1 rings (SSSR count). The van der Waals surface area contributed by atoms with Crippen molar-refractivity contribution in [1.29, 1.82) is 0 Å². The zero-order valence-corrected chi connectivity index (χ0v) is 9.76. The Labute approximate surface area is 84.2 Å². The van der Waals surface area contributed by atoms with Gasteiger partial charge in [0.15, 0.2) is 0 Å². The lowest BCUT2D eigenvalue weighted by molar-refractivity contribution is 1.36. The molecule has 0 N–H and O–H groups in total. The summed E-state index contributed by atoms with van der Waals surface area (Å²) in [6.07, 6.45) is 0. The predicted octanol–water partition coefficient (Wildman–Crippen LogP) is 4.03. The van der Waals surface area contributed by atoms with E-state index in [1.807, 2.05) is 0 Å². The molecule has 0 saturated carbocycles. The molecule has 0 nitrogen and oxygen atoms in total. The Morgan fingerprint density at radius 2 is 1.42 bits per heavy atom. The van der Waals surface area contributed by atoms with Crippen LogP contribution in [0.25, 0.3) is 0 Å². The zero-order valence-electron chi connectivity index (χ0n) is 7.36. The van der Waals surface area contributed by atoms with E-state index in [4.69, 9.17) is 22.5 Å². The van der Waals surface area contributed by atoms with E-state index in [-0.39, 0.29) is 0 Å². The van der Waals surface area contributed by atoms with E-state index in [1.165, 1.54) is 16.7 Å². The fourth-order valence-corrected chi connectivity index (χ4v) is 3.70. The molecule has 0 aromatic heterocycles. The minimum absolute atomic E-state index is 1.01. The van der Waals surface area contributed by atoms with Crippen LogP contribution in [0.15, 0.2) is 12.1 Å². The van der Waals surface area contributed by atoms with Gasteiger partial charge in [0.2, 0.25) is 0 Å². The molecular weight excluding hydrogens is 210 g/mol. The van der Waals surface area contributed by atoms with Gasteiger partial charge in [-0.05, 0) is 31.9 Å². The maximum Gasteiger partial charge on any atom is 0.117 e. The van der Waals surface area contributed by atoms with Crippen molar-refractivity contribution >= 4 is 34.4 Å². The molecule has 0 heterocycles. The van der Waals surface area contributed by atoms with Crippen molar-refractivity contribution in [1.82, 2.24) is 0 Å². The van der Waals surface area contributed by atoms with Crippen LogP contribution in [0.4, 0.5) is 0 Å². The van der Waals surface area contributed by atoms with Gasteiger partial charge in [0, 0.05) is 5.30 Å². The third kappa shape index (κ3) is 2.13. The third-order valence-electron chi connectivity index (χ3n) is 1.80. The molecule has 1 aromatic carbocycles. The summed E-state index contributed by atoms with van der Waals surface area (Å²) in [4.78, 5) is 0. The van der Waals surface area contributed by atoms with Crippen LogP contribution in [0.5, 0.6) is 0 Å². The predicted molar refractivity (Wildman–Crippen MR) is 58.9 cm³/mol. The van der Waals surface area contributed by atoms with Gasteiger partial charge in [-0.15, -0.1) is 0 Å². The van der Waals surface area contributed by atoms with Crippen LogP contribution in [-0.4, -0.2) is 0 Å². The van der Waals surface area contributed by atoms with Crippen LogP contribution in [0.1, 0.15) is 16.7 Å². The summed E-state index contributed by atoms with van der Waals surface area (Å²) in [7, 11) is 0. The third-order valence-corrected chi connectivity index (χ3v) is 3.86. The second-order valence-corrected chi connectivity index (χ2v) is 6.44. The van der Waals surface area contributed by atoms with Crippen molar-refractivity contribution in [2.45, 2.75) is 20.8 Å². The van der Waals surface area contributed by atoms with Crippen LogP contribution < -0.4 is 5.30 Å². The molecule has 0 aliphatic rings. The minimum atomic E-state index is -1.01. The summed E-state index contributed by atoms with van der Waals surface area (Å²) in [6.45, 7) is 5.17. The SMILES string of the molecule is Cc1cc(C)c(P(Cl)Cl)c(C)c1. The topological polar surface area (TPSA) is 0 Å². The highest BCUT2D eigenvalue weighted by molar-refractivity contribution is 8.09. The summed E-state index contributed by atoms with van der Waals surface area (Å²) < 4.78 is 0. The van der Waals surface area contributed by atoms with E-state index < -0.39 is 6.63 Å². The Hall–Kier alpha value is 0.230. The van der Waals surface area contributed by atoms with Crippen molar-refractivity contribution in [2.75, 3.05) is 0 Å². The summed E-state index contributed by atoms with van der Waals surface area (Å²) in [6, 6.07) is 4.23. The first-order valence-corrected chi connectivity index (χ1v) is 6.87. The quantitative estimate of drug-likeness (QED) is 0.628. The molecule has 3 heteroatoms. The van der Waals surface area contributed by atoms with E-state index >= 15 is 0 Å². The molecule has 0 amide bonds. The Morgan fingerprint density at radius 1 is 1.00 bits per heavy atom. The normalized spacial score (nSPS) is 10.8. The molecule has 0 saturated heterocycles. The van der Waals surface area contributed by atoms with Crippen molar-refractivity contribution in [2.24, 2.45) is 0 Å². The Balaban J connectivity index is 3.28. The number of hydrogen-bond acceptors (Lipinski definition) is 0. The van der Waals surface area contributed by atoms with Gasteiger partial charge in [0.1, 0.15) is 6.63 Å². The average molecular weight is 221 g/mol. The average Bonchev–Trinajstić information content (AvgIpc) is 1.82. The first-order chi connectivity index (χ1) is 5.52. The van der Waals surface area contributed by atoms with E-state index in [9.17, 15) is 0 Å². The number of hydrogen-bond donors (Lipinski definition) is 0. The van der Waals surface area contributed by atoms with Gasteiger partial charge in [-0.2, -0.15) is 0 Å². The standard InChI is InChI=1S/C9H11Cl2P/c1-6-4-7(2)9(12(10)11)8(3)5-6/h4-5H,1-3H3. The summed E-state index contributed by atoms with van der Waals surface area (Å²) >= 11 is 11.8. The molecular formula is C9H11Cl2P. The van der Waals surface area contributed by atoms with Gasteiger partial charge < -0.3 is 0 Å². The summed E-state index contributed by atoms with van der Waals surface area (Å²) in [5.74, 6) is 0. The smallest absolute Gasteiger partial charge is 0.0727 e. The van der Waals surface area contributed by atoms with Crippen LogP contribution in [0.3, 0.4) is 0 Å². The van der Waals surface area contributed by atoms with Crippen molar-refractivity contribution in [3.63, 3.8) is 0 Å². The maximum absolute atomic E-state index is 5.90. The highest BCUT2D eigenvalue weighted by Gasteiger charge is 2.10. The second-order valence-electron chi connectivity index (χ2n) is 2.98. The zero-order chi connectivity index (χ0) is 9.30. The van der Waals surface area contributed by atoms with Gasteiger partial charge in [-0.3, -0.25) is 0 Å². The van der Waals surface area contributed by atoms with E-state index in [0.717, 1.165) is 5.30 Å². The molecule has 0 bridgehead atoms. The Bertz CT molecular complexity index is 272. The summed E-state index contributed by atoms with van der Waals surface area (Å²) in [5.41, 5.74) is 3.66. The molecule has 12 heavy (non-hydrogen) atoms. The van der Waals surface area contributed by atoms with Crippen LogP contribution in [-0.2, 0) is 0 Å². The second kappa shape index (κ2) is 3.96. The Morgan fingerprint density at radius 3 is 1.75 bits per heavy atom. The molecule has 0 atom stereocenters. The largest absolute Gasteiger partial charge is 0.117 e. The van der Waals surface area contributed by atoms with Crippen LogP contribution in [0.2, 0.25) is 0 Å². The molecule has 0 spiro atoms. The van der Waals surface area contributed by atoms with Crippen LogP contribution >= 0.6 is 29.1 Å². The molecule has 0 fully saturated rings. The van der Waals surface area contributed by atoms with Gasteiger partial charge in [-0.25, -0.2) is 0 Å². The van der Waals surface area contributed by atoms with Crippen molar-refractivity contribution in [3.8, 4) is 0 Å². The molecule has 66 valence electrons. The lowest BCUT2D eigenvalue weighted by Gasteiger charge is -2.10. The minimum Gasteiger partial charge on any atom is -0.0727 e. The number of benzene rings is 1.